The Balaban J connectivity index is 1.45. The van der Waals surface area contributed by atoms with Crippen molar-refractivity contribution in [1.82, 2.24) is 24.8 Å². The van der Waals surface area contributed by atoms with E-state index in [2.05, 4.69) is 26.7 Å². The van der Waals surface area contributed by atoms with Gasteiger partial charge in [-0.1, -0.05) is 6.07 Å². The summed E-state index contributed by atoms with van der Waals surface area (Å²) in [6.45, 7) is 4.73. The maximum absolute atomic E-state index is 12.0. The molecular weight excluding hydrogens is 330 g/mol. The van der Waals surface area contributed by atoms with Crippen LogP contribution in [0.1, 0.15) is 42.9 Å². The predicted molar refractivity (Wildman–Crippen MR) is 96.7 cm³/mol. The van der Waals surface area contributed by atoms with E-state index in [1.165, 1.54) is 0 Å². The number of ether oxygens (including phenoxy) is 1. The van der Waals surface area contributed by atoms with E-state index in [0.717, 1.165) is 49.6 Å². The Morgan fingerprint density at radius 2 is 2.23 bits per heavy atom. The average molecular weight is 355 g/mol. The molecule has 0 aromatic carbocycles. The minimum absolute atomic E-state index is 0.0764. The first-order valence-electron chi connectivity index (χ1n) is 9.21. The molecule has 1 aliphatic heterocycles. The molecule has 0 unspecified atom stereocenters. The van der Waals surface area contributed by atoms with Crippen molar-refractivity contribution in [3.63, 3.8) is 0 Å². The molecule has 0 radical (unpaired) electrons. The van der Waals surface area contributed by atoms with Gasteiger partial charge in [0.15, 0.2) is 0 Å². The van der Waals surface area contributed by atoms with Crippen LogP contribution in [0.15, 0.2) is 24.5 Å². The molecule has 1 amide bonds. The van der Waals surface area contributed by atoms with Gasteiger partial charge in [0.25, 0.3) is 0 Å². The molecule has 0 saturated heterocycles. The van der Waals surface area contributed by atoms with Crippen LogP contribution in [0.4, 0.5) is 0 Å². The highest BCUT2D eigenvalue weighted by Gasteiger charge is 2.28. The summed E-state index contributed by atoms with van der Waals surface area (Å²) in [5.74, 6) is 1.77. The fourth-order valence-corrected chi connectivity index (χ4v) is 3.51. The molecule has 2 aromatic rings. The van der Waals surface area contributed by atoms with Crippen molar-refractivity contribution in [2.45, 2.75) is 51.4 Å². The van der Waals surface area contributed by atoms with Gasteiger partial charge in [0, 0.05) is 43.6 Å². The number of methoxy groups -OCH3 is 1. The van der Waals surface area contributed by atoms with Gasteiger partial charge < -0.3 is 14.6 Å². The average Bonchev–Trinajstić information content (AvgIpc) is 3.35. The maximum atomic E-state index is 12.0. The van der Waals surface area contributed by atoms with Crippen LogP contribution in [0.2, 0.25) is 0 Å². The number of carbonyl (C=O) groups excluding carboxylic acids is 1. The van der Waals surface area contributed by atoms with Crippen LogP contribution in [-0.2, 0) is 24.3 Å². The largest absolute Gasteiger partial charge is 0.481 e. The maximum Gasteiger partial charge on any atom is 0.226 e. The number of hydrogen-bond acceptors (Lipinski definition) is 5. The lowest BCUT2D eigenvalue weighted by Gasteiger charge is -2.33. The lowest BCUT2D eigenvalue weighted by Crippen LogP contribution is -2.36. The van der Waals surface area contributed by atoms with Crippen LogP contribution in [0.25, 0.3) is 0 Å². The van der Waals surface area contributed by atoms with Crippen molar-refractivity contribution in [2.75, 3.05) is 13.7 Å². The van der Waals surface area contributed by atoms with Gasteiger partial charge in [0.1, 0.15) is 5.82 Å². The lowest BCUT2D eigenvalue weighted by molar-refractivity contribution is -0.120. The zero-order valence-corrected chi connectivity index (χ0v) is 15.3. The number of amides is 1. The fraction of sp³-hybridized carbons (Fsp3) is 0.526. The van der Waals surface area contributed by atoms with E-state index in [-0.39, 0.29) is 11.9 Å². The molecule has 4 rings (SSSR count). The number of imidazole rings is 1. The Bertz CT molecular complexity index is 799. The standard InChI is InChI=1S/C19H25N5O2/c1-13-18-22-16(10-17(25)21-15-5-6-15)12-24(18)9-8-23(13)11-14-4-3-7-20-19(14)26-2/h3-4,7,12-13,15H,5-6,8-11H2,1-2H3,(H,21,25)/t13-/m0/s1. The van der Waals surface area contributed by atoms with Gasteiger partial charge >= 0.3 is 0 Å². The second kappa shape index (κ2) is 7.07. The number of hydrogen-bond donors (Lipinski definition) is 1. The third-order valence-electron chi connectivity index (χ3n) is 5.11. The summed E-state index contributed by atoms with van der Waals surface area (Å²) in [5, 5.41) is 3.03. The van der Waals surface area contributed by atoms with Gasteiger partial charge in [-0.15, -0.1) is 0 Å². The molecule has 26 heavy (non-hydrogen) atoms. The van der Waals surface area contributed by atoms with Crippen molar-refractivity contribution >= 4 is 5.91 Å². The number of nitrogens with zero attached hydrogens (tertiary/aromatic N) is 4. The van der Waals surface area contributed by atoms with E-state index >= 15 is 0 Å². The van der Waals surface area contributed by atoms with Crippen molar-refractivity contribution in [1.29, 1.82) is 0 Å². The van der Waals surface area contributed by atoms with Crippen molar-refractivity contribution in [2.24, 2.45) is 0 Å². The second-order valence-electron chi connectivity index (χ2n) is 7.12. The van der Waals surface area contributed by atoms with Crippen LogP contribution in [-0.4, -0.2) is 45.0 Å². The van der Waals surface area contributed by atoms with E-state index in [0.29, 0.717) is 18.3 Å². The molecule has 2 aromatic heterocycles. The predicted octanol–water partition coefficient (Wildman–Crippen LogP) is 1.68. The summed E-state index contributed by atoms with van der Waals surface area (Å²) in [5.41, 5.74) is 1.93. The fourth-order valence-electron chi connectivity index (χ4n) is 3.51. The summed E-state index contributed by atoms with van der Waals surface area (Å²) >= 11 is 0. The smallest absolute Gasteiger partial charge is 0.226 e. The second-order valence-corrected chi connectivity index (χ2v) is 7.12. The third kappa shape index (κ3) is 3.58. The number of rotatable bonds is 6. The Kier molecular flexibility index (Phi) is 4.63. The third-order valence-corrected chi connectivity index (χ3v) is 5.11. The molecule has 1 fully saturated rings. The quantitative estimate of drug-likeness (QED) is 0.854. The highest BCUT2D eigenvalue weighted by atomic mass is 16.5. The summed E-state index contributed by atoms with van der Waals surface area (Å²) < 4.78 is 7.56. The molecule has 3 heterocycles. The first-order valence-corrected chi connectivity index (χ1v) is 9.21. The van der Waals surface area contributed by atoms with Crippen LogP contribution in [0.3, 0.4) is 0 Å². The first kappa shape index (κ1) is 17.0. The van der Waals surface area contributed by atoms with Gasteiger partial charge in [0.2, 0.25) is 11.8 Å². The number of nitrogens with one attached hydrogen (secondary N) is 1. The molecule has 1 aliphatic carbocycles. The Morgan fingerprint density at radius 1 is 1.38 bits per heavy atom. The van der Waals surface area contributed by atoms with Crippen LogP contribution in [0, 0.1) is 0 Å². The zero-order valence-electron chi connectivity index (χ0n) is 15.3. The van der Waals surface area contributed by atoms with Gasteiger partial charge in [-0.2, -0.15) is 0 Å². The number of aromatic nitrogens is 3. The van der Waals surface area contributed by atoms with Crippen molar-refractivity contribution in [3.05, 3.63) is 41.6 Å². The first-order chi connectivity index (χ1) is 12.6. The summed E-state index contributed by atoms with van der Waals surface area (Å²) in [6.07, 6.45) is 6.35. The molecule has 7 nitrogen and oxygen atoms in total. The Labute approximate surface area is 153 Å². The van der Waals surface area contributed by atoms with Gasteiger partial charge in [-0.25, -0.2) is 9.97 Å². The van der Waals surface area contributed by atoms with Gasteiger partial charge in [0.05, 0.1) is 25.3 Å². The Hall–Kier alpha value is -2.41. The topological polar surface area (TPSA) is 72.3 Å². The van der Waals surface area contributed by atoms with Crippen LogP contribution >= 0.6 is 0 Å². The molecular formula is C19H25N5O2. The van der Waals surface area contributed by atoms with Crippen LogP contribution in [0.5, 0.6) is 5.88 Å². The molecule has 0 spiro atoms. The van der Waals surface area contributed by atoms with E-state index in [1.54, 1.807) is 13.3 Å². The van der Waals surface area contributed by atoms with Crippen molar-refractivity contribution in [3.8, 4) is 5.88 Å². The van der Waals surface area contributed by atoms with Gasteiger partial charge in [-0.05, 0) is 25.8 Å². The van der Waals surface area contributed by atoms with Crippen molar-refractivity contribution < 1.29 is 9.53 Å². The van der Waals surface area contributed by atoms with E-state index in [9.17, 15) is 4.79 Å². The molecule has 0 bridgehead atoms. The van der Waals surface area contributed by atoms with E-state index in [4.69, 9.17) is 9.72 Å². The number of pyridine rings is 1. The monoisotopic (exact) mass is 355 g/mol. The highest BCUT2D eigenvalue weighted by molar-refractivity contribution is 5.78. The molecule has 1 N–H and O–H groups in total. The Morgan fingerprint density at radius 3 is 3.00 bits per heavy atom. The lowest BCUT2D eigenvalue weighted by atomic mass is 10.1. The van der Waals surface area contributed by atoms with E-state index in [1.807, 2.05) is 18.3 Å². The minimum Gasteiger partial charge on any atom is -0.481 e. The molecule has 1 saturated carbocycles. The molecule has 7 heteroatoms. The number of fused-ring (bicyclic) bond motifs is 1. The van der Waals surface area contributed by atoms with Crippen LogP contribution < -0.4 is 10.1 Å². The molecule has 138 valence electrons. The number of carbonyl (C=O) groups is 1. The summed E-state index contributed by atoms with van der Waals surface area (Å²) in [7, 11) is 1.65. The molecule has 2 aliphatic rings. The summed E-state index contributed by atoms with van der Waals surface area (Å²) in [4.78, 5) is 23.4. The van der Waals surface area contributed by atoms with Gasteiger partial charge in [-0.3, -0.25) is 9.69 Å². The minimum atomic E-state index is 0.0764. The molecule has 1 atom stereocenters. The summed E-state index contributed by atoms with van der Waals surface area (Å²) in [6, 6.07) is 4.55. The normalized spacial score (nSPS) is 19.8. The van der Waals surface area contributed by atoms with E-state index < -0.39 is 0 Å². The SMILES string of the molecule is COc1ncccc1CN1CCn2cc(CC(=O)NC3CC3)nc2[C@@H]1C. The highest BCUT2D eigenvalue weighted by Crippen LogP contribution is 2.28. The zero-order chi connectivity index (χ0) is 18.1.